The van der Waals surface area contributed by atoms with E-state index in [1.54, 1.807) is 10.6 Å². The van der Waals surface area contributed by atoms with Crippen LogP contribution in [0.25, 0.3) is 21.8 Å². The number of fused-ring (bicyclic) bond motifs is 3. The number of pyridine rings is 1. The SMILES string of the molecule is CC(C)c1ccc(NC(=O)c2cc3c(=O)[nH]c4ccccc4c3n2C)cc1. The molecule has 5 nitrogen and oxygen atoms in total. The third kappa shape index (κ3) is 2.91. The molecule has 2 aromatic heterocycles. The molecule has 0 bridgehead atoms. The molecular weight excluding hydrogens is 338 g/mol. The fraction of sp³-hybridized carbons (Fsp3) is 0.182. The molecule has 0 unspecified atom stereocenters. The van der Waals surface area contributed by atoms with Gasteiger partial charge in [-0.25, -0.2) is 0 Å². The normalized spacial score (nSPS) is 11.4. The average Bonchev–Trinajstić information content (AvgIpc) is 3.01. The van der Waals surface area contributed by atoms with Crippen molar-refractivity contribution in [2.24, 2.45) is 7.05 Å². The molecule has 0 aliphatic heterocycles. The number of amides is 1. The molecule has 4 rings (SSSR count). The van der Waals surface area contributed by atoms with Crippen molar-refractivity contribution in [1.29, 1.82) is 0 Å². The van der Waals surface area contributed by atoms with Crippen molar-refractivity contribution < 1.29 is 4.79 Å². The number of aromatic nitrogens is 2. The summed E-state index contributed by atoms with van der Waals surface area (Å²) in [6.45, 7) is 4.26. The summed E-state index contributed by atoms with van der Waals surface area (Å²) in [6.07, 6.45) is 0. The van der Waals surface area contributed by atoms with Gasteiger partial charge in [-0.3, -0.25) is 9.59 Å². The minimum Gasteiger partial charge on any atom is -0.339 e. The van der Waals surface area contributed by atoms with E-state index in [4.69, 9.17) is 0 Å². The van der Waals surface area contributed by atoms with Crippen molar-refractivity contribution in [3.05, 3.63) is 76.2 Å². The van der Waals surface area contributed by atoms with Crippen molar-refractivity contribution >= 4 is 33.4 Å². The lowest BCUT2D eigenvalue weighted by Crippen LogP contribution is -2.15. The van der Waals surface area contributed by atoms with Gasteiger partial charge in [0, 0.05) is 18.1 Å². The van der Waals surface area contributed by atoms with E-state index in [-0.39, 0.29) is 11.5 Å². The average molecular weight is 359 g/mol. The molecule has 0 radical (unpaired) electrons. The van der Waals surface area contributed by atoms with Gasteiger partial charge in [-0.1, -0.05) is 44.2 Å². The molecule has 1 amide bonds. The summed E-state index contributed by atoms with van der Waals surface area (Å²) in [4.78, 5) is 28.1. The van der Waals surface area contributed by atoms with E-state index in [0.29, 0.717) is 17.0 Å². The second-order valence-electron chi connectivity index (χ2n) is 7.08. The van der Waals surface area contributed by atoms with Crippen molar-refractivity contribution in [1.82, 2.24) is 9.55 Å². The topological polar surface area (TPSA) is 66.9 Å². The van der Waals surface area contributed by atoms with Crippen LogP contribution in [0.15, 0.2) is 59.4 Å². The Balaban J connectivity index is 1.76. The van der Waals surface area contributed by atoms with E-state index in [1.807, 2.05) is 55.6 Å². The molecular formula is C22H21N3O2. The van der Waals surface area contributed by atoms with Crippen molar-refractivity contribution in [3.8, 4) is 0 Å². The lowest BCUT2D eigenvalue weighted by atomic mass is 10.0. The number of hydrogen-bond acceptors (Lipinski definition) is 2. The highest BCUT2D eigenvalue weighted by Gasteiger charge is 2.17. The highest BCUT2D eigenvalue weighted by molar-refractivity contribution is 6.10. The van der Waals surface area contributed by atoms with Crippen LogP contribution in [-0.4, -0.2) is 15.5 Å². The second kappa shape index (κ2) is 6.43. The molecule has 2 N–H and O–H groups in total. The zero-order chi connectivity index (χ0) is 19.1. The summed E-state index contributed by atoms with van der Waals surface area (Å²) in [6, 6.07) is 17.1. The summed E-state index contributed by atoms with van der Waals surface area (Å²) in [5, 5.41) is 4.34. The smallest absolute Gasteiger partial charge is 0.272 e. The molecule has 0 spiro atoms. The maximum atomic E-state index is 12.8. The summed E-state index contributed by atoms with van der Waals surface area (Å²) in [7, 11) is 1.81. The number of aryl methyl sites for hydroxylation is 1. The molecule has 2 heterocycles. The Kier molecular flexibility index (Phi) is 4.07. The lowest BCUT2D eigenvalue weighted by Gasteiger charge is -2.09. The molecule has 0 fully saturated rings. The zero-order valence-electron chi connectivity index (χ0n) is 15.5. The molecule has 0 saturated carbocycles. The molecule has 5 heteroatoms. The lowest BCUT2D eigenvalue weighted by molar-refractivity contribution is 0.102. The van der Waals surface area contributed by atoms with Crippen LogP contribution < -0.4 is 10.9 Å². The Morgan fingerprint density at radius 3 is 2.44 bits per heavy atom. The highest BCUT2D eigenvalue weighted by atomic mass is 16.2. The number of para-hydroxylation sites is 1. The monoisotopic (exact) mass is 359 g/mol. The number of benzene rings is 2. The van der Waals surface area contributed by atoms with Crippen LogP contribution in [0.3, 0.4) is 0 Å². The fourth-order valence-electron chi connectivity index (χ4n) is 3.45. The first-order valence-corrected chi connectivity index (χ1v) is 8.97. The number of carbonyl (C=O) groups excluding carboxylic acids is 1. The van der Waals surface area contributed by atoms with Crippen LogP contribution in [0, 0.1) is 0 Å². The maximum Gasteiger partial charge on any atom is 0.272 e. The number of rotatable bonds is 3. The predicted octanol–water partition coefficient (Wildman–Crippen LogP) is 4.40. The van der Waals surface area contributed by atoms with Crippen molar-refractivity contribution in [2.45, 2.75) is 19.8 Å². The minimum atomic E-state index is -0.241. The van der Waals surface area contributed by atoms with Crippen LogP contribution in [0.5, 0.6) is 0 Å². The molecule has 0 atom stereocenters. The van der Waals surface area contributed by atoms with Crippen LogP contribution >= 0.6 is 0 Å². The van der Waals surface area contributed by atoms with Gasteiger partial charge in [0.25, 0.3) is 11.5 Å². The molecule has 0 aliphatic rings. The number of nitrogens with one attached hydrogen (secondary N) is 2. The Bertz CT molecular complexity index is 1210. The van der Waals surface area contributed by atoms with Gasteiger partial charge in [-0.05, 0) is 35.7 Å². The largest absolute Gasteiger partial charge is 0.339 e. The third-order valence-electron chi connectivity index (χ3n) is 4.98. The summed E-state index contributed by atoms with van der Waals surface area (Å²) in [5.41, 5.74) is 3.71. The van der Waals surface area contributed by atoms with Gasteiger partial charge in [0.2, 0.25) is 0 Å². The number of hydrogen-bond donors (Lipinski definition) is 2. The molecule has 0 aliphatic carbocycles. The van der Waals surface area contributed by atoms with Gasteiger partial charge >= 0.3 is 0 Å². The molecule has 4 aromatic rings. The third-order valence-corrected chi connectivity index (χ3v) is 4.98. The number of carbonyl (C=O) groups is 1. The standard InChI is InChI=1S/C22H21N3O2/c1-13(2)14-8-10-15(11-9-14)23-22(27)19-12-17-20(25(19)3)16-6-4-5-7-18(16)24-21(17)26/h4-13H,1-3H3,(H,23,27)(H,24,26). The van der Waals surface area contributed by atoms with E-state index in [9.17, 15) is 9.59 Å². The van der Waals surface area contributed by atoms with Crippen LogP contribution in [0.4, 0.5) is 5.69 Å². The zero-order valence-corrected chi connectivity index (χ0v) is 15.5. The molecule has 2 aromatic carbocycles. The Morgan fingerprint density at radius 1 is 1.04 bits per heavy atom. The van der Waals surface area contributed by atoms with Gasteiger partial charge in [0.05, 0.1) is 16.4 Å². The molecule has 136 valence electrons. The Morgan fingerprint density at radius 2 is 1.74 bits per heavy atom. The van der Waals surface area contributed by atoms with Crippen molar-refractivity contribution in [2.75, 3.05) is 5.32 Å². The van der Waals surface area contributed by atoms with Crippen LogP contribution in [0.2, 0.25) is 0 Å². The number of H-pyrrole nitrogens is 1. The molecule has 0 saturated heterocycles. The van der Waals surface area contributed by atoms with Gasteiger partial charge in [-0.2, -0.15) is 0 Å². The number of nitrogens with zero attached hydrogens (tertiary/aromatic N) is 1. The van der Waals surface area contributed by atoms with E-state index in [0.717, 1.165) is 22.1 Å². The second-order valence-corrected chi connectivity index (χ2v) is 7.08. The Labute approximate surface area is 156 Å². The van der Waals surface area contributed by atoms with E-state index in [1.165, 1.54) is 5.56 Å². The first-order chi connectivity index (χ1) is 13.0. The summed E-state index contributed by atoms with van der Waals surface area (Å²) < 4.78 is 1.78. The van der Waals surface area contributed by atoms with Crippen molar-refractivity contribution in [3.63, 3.8) is 0 Å². The van der Waals surface area contributed by atoms with Crippen LogP contribution in [-0.2, 0) is 7.05 Å². The fourth-order valence-corrected chi connectivity index (χ4v) is 3.45. The van der Waals surface area contributed by atoms with E-state index < -0.39 is 0 Å². The minimum absolute atomic E-state index is 0.195. The van der Waals surface area contributed by atoms with E-state index >= 15 is 0 Å². The first kappa shape index (κ1) is 17.1. The first-order valence-electron chi connectivity index (χ1n) is 8.97. The van der Waals surface area contributed by atoms with Gasteiger partial charge in [0.1, 0.15) is 5.69 Å². The van der Waals surface area contributed by atoms with Gasteiger partial charge in [0.15, 0.2) is 0 Å². The van der Waals surface area contributed by atoms with E-state index in [2.05, 4.69) is 24.1 Å². The highest BCUT2D eigenvalue weighted by Crippen LogP contribution is 2.24. The van der Waals surface area contributed by atoms with Crippen LogP contribution in [0.1, 0.15) is 35.8 Å². The van der Waals surface area contributed by atoms with Gasteiger partial charge in [-0.15, -0.1) is 0 Å². The Hall–Kier alpha value is -3.34. The van der Waals surface area contributed by atoms with Gasteiger partial charge < -0.3 is 14.9 Å². The predicted molar refractivity (Wildman–Crippen MR) is 110 cm³/mol. The summed E-state index contributed by atoms with van der Waals surface area (Å²) in [5.74, 6) is 0.197. The summed E-state index contributed by atoms with van der Waals surface area (Å²) >= 11 is 0. The number of anilines is 1. The molecule has 27 heavy (non-hydrogen) atoms. The quantitative estimate of drug-likeness (QED) is 0.569. The number of aromatic amines is 1. The maximum absolute atomic E-state index is 12.8.